The average Bonchev–Trinajstić information content (AvgIpc) is 3.02. The van der Waals surface area contributed by atoms with Gasteiger partial charge in [-0.1, -0.05) is 0 Å². The third kappa shape index (κ3) is 4.70. The molecule has 2 amide bonds. The zero-order valence-corrected chi connectivity index (χ0v) is 16.1. The van der Waals surface area contributed by atoms with E-state index in [9.17, 15) is 9.59 Å². The molecule has 0 aliphatic carbocycles. The molecule has 8 nitrogen and oxygen atoms in total. The van der Waals surface area contributed by atoms with Crippen molar-refractivity contribution >= 4 is 29.9 Å². The number of benzene rings is 1. The van der Waals surface area contributed by atoms with Gasteiger partial charge >= 0.3 is 0 Å². The van der Waals surface area contributed by atoms with Crippen molar-refractivity contribution in [1.29, 1.82) is 0 Å². The molecule has 26 heavy (non-hydrogen) atoms. The van der Waals surface area contributed by atoms with E-state index in [4.69, 9.17) is 19.9 Å². The summed E-state index contributed by atoms with van der Waals surface area (Å²) in [4.78, 5) is 26.1. The molecule has 1 aromatic carbocycles. The summed E-state index contributed by atoms with van der Waals surface area (Å²) in [6, 6.07) is 3.40. The third-order valence-electron chi connectivity index (χ3n) is 4.14. The van der Waals surface area contributed by atoms with Crippen molar-refractivity contribution in [3.05, 3.63) is 12.1 Å². The van der Waals surface area contributed by atoms with E-state index in [2.05, 4.69) is 5.32 Å². The lowest BCUT2D eigenvalue weighted by Crippen LogP contribution is -2.34. The number of carbonyl (C=O) groups excluding carboxylic acids is 2. The average molecular weight is 388 g/mol. The summed E-state index contributed by atoms with van der Waals surface area (Å²) in [7, 11) is 4.55. The third-order valence-corrected chi connectivity index (χ3v) is 4.14. The van der Waals surface area contributed by atoms with Crippen molar-refractivity contribution in [3.63, 3.8) is 0 Å². The normalized spacial score (nSPS) is 16.1. The molecule has 0 radical (unpaired) electrons. The van der Waals surface area contributed by atoms with E-state index in [1.807, 2.05) is 0 Å². The Kier molecular flexibility index (Phi) is 8.47. The van der Waals surface area contributed by atoms with Crippen molar-refractivity contribution < 1.29 is 23.8 Å². The van der Waals surface area contributed by atoms with Gasteiger partial charge in [0.25, 0.3) is 0 Å². The van der Waals surface area contributed by atoms with Crippen molar-refractivity contribution in [2.75, 3.05) is 45.9 Å². The first-order chi connectivity index (χ1) is 12.0. The van der Waals surface area contributed by atoms with Gasteiger partial charge in [0.05, 0.1) is 32.9 Å². The number of nitrogens with zero attached hydrogens (tertiary/aromatic N) is 1. The quantitative estimate of drug-likeness (QED) is 0.644. The van der Waals surface area contributed by atoms with Gasteiger partial charge in [0, 0.05) is 31.6 Å². The lowest BCUT2D eigenvalue weighted by atomic mass is 10.1. The molecule has 2 rings (SSSR count). The van der Waals surface area contributed by atoms with Gasteiger partial charge in [-0.3, -0.25) is 9.59 Å². The molecule has 3 N–H and O–H groups in total. The van der Waals surface area contributed by atoms with Crippen LogP contribution in [0.1, 0.15) is 12.8 Å². The minimum absolute atomic E-state index is 0. The zero-order chi connectivity index (χ0) is 18.4. The fourth-order valence-corrected chi connectivity index (χ4v) is 2.81. The molecular weight excluding hydrogens is 362 g/mol. The highest BCUT2D eigenvalue weighted by atomic mass is 35.5. The molecule has 1 saturated heterocycles. The zero-order valence-electron chi connectivity index (χ0n) is 15.2. The topological polar surface area (TPSA) is 103 Å². The van der Waals surface area contributed by atoms with Crippen LogP contribution < -0.4 is 30.2 Å². The van der Waals surface area contributed by atoms with Gasteiger partial charge in [-0.15, -0.1) is 12.4 Å². The largest absolute Gasteiger partial charge is 0.493 e. The van der Waals surface area contributed by atoms with Gasteiger partial charge < -0.3 is 30.2 Å². The number of anilines is 1. The predicted octanol–water partition coefficient (Wildman–Crippen LogP) is 0.952. The summed E-state index contributed by atoms with van der Waals surface area (Å²) in [6.07, 6.45) is 0.883. The molecule has 1 aliphatic heterocycles. The molecule has 0 saturated carbocycles. The number of nitrogens with one attached hydrogen (secondary N) is 1. The molecule has 9 heteroatoms. The molecule has 1 heterocycles. The van der Waals surface area contributed by atoms with Crippen LogP contribution in [0.4, 0.5) is 5.69 Å². The van der Waals surface area contributed by atoms with E-state index in [1.165, 1.54) is 21.3 Å². The number of nitrogens with two attached hydrogens (primary N) is 1. The molecule has 1 fully saturated rings. The number of ether oxygens (including phenoxy) is 3. The van der Waals surface area contributed by atoms with E-state index < -0.39 is 0 Å². The Labute approximate surface area is 159 Å². The van der Waals surface area contributed by atoms with Gasteiger partial charge in [-0.05, 0) is 13.0 Å². The van der Waals surface area contributed by atoms with E-state index in [0.29, 0.717) is 49.0 Å². The summed E-state index contributed by atoms with van der Waals surface area (Å²) in [5, 5.41) is 2.81. The van der Waals surface area contributed by atoms with Crippen LogP contribution in [-0.2, 0) is 9.59 Å². The molecule has 0 bridgehead atoms. The van der Waals surface area contributed by atoms with Crippen LogP contribution in [-0.4, -0.2) is 52.8 Å². The Morgan fingerprint density at radius 3 is 2.35 bits per heavy atom. The maximum Gasteiger partial charge on any atom is 0.227 e. The van der Waals surface area contributed by atoms with E-state index >= 15 is 0 Å². The number of halogens is 1. The Bertz CT molecular complexity index is 616. The number of hydrogen-bond acceptors (Lipinski definition) is 6. The maximum absolute atomic E-state index is 12.4. The fraction of sp³-hybridized carbons (Fsp3) is 0.529. The summed E-state index contributed by atoms with van der Waals surface area (Å²) >= 11 is 0. The van der Waals surface area contributed by atoms with Crippen LogP contribution in [0.15, 0.2) is 12.1 Å². The van der Waals surface area contributed by atoms with Gasteiger partial charge in [0.2, 0.25) is 17.6 Å². The van der Waals surface area contributed by atoms with Crippen LogP contribution in [0.25, 0.3) is 0 Å². The molecule has 0 aromatic heterocycles. The monoisotopic (exact) mass is 387 g/mol. The predicted molar refractivity (Wildman–Crippen MR) is 100 cm³/mol. The SMILES string of the molecule is COc1cc(N2CC(C(=O)NCCCN)CC2=O)cc(OC)c1OC.Cl. The van der Waals surface area contributed by atoms with Crippen LogP contribution >= 0.6 is 12.4 Å². The van der Waals surface area contributed by atoms with E-state index in [0.717, 1.165) is 0 Å². The number of methoxy groups -OCH3 is 3. The van der Waals surface area contributed by atoms with E-state index in [1.54, 1.807) is 17.0 Å². The minimum Gasteiger partial charge on any atom is -0.493 e. The molecule has 1 aliphatic rings. The van der Waals surface area contributed by atoms with Crippen molar-refractivity contribution in [3.8, 4) is 17.2 Å². The molecule has 146 valence electrons. The lowest BCUT2D eigenvalue weighted by Gasteiger charge is -2.20. The first-order valence-corrected chi connectivity index (χ1v) is 8.13. The summed E-state index contributed by atoms with van der Waals surface area (Å²) in [5.41, 5.74) is 6.03. The standard InChI is InChI=1S/C17H25N3O5.ClH/c1-23-13-8-12(9-14(24-2)16(13)25-3)20-10-11(7-15(20)21)17(22)19-6-4-5-18;/h8-9,11H,4-7,10,18H2,1-3H3,(H,19,22);1H. The first kappa shape index (κ1) is 21.9. The summed E-state index contributed by atoms with van der Waals surface area (Å²) in [6.45, 7) is 1.34. The second-order valence-electron chi connectivity index (χ2n) is 5.72. The van der Waals surface area contributed by atoms with Crippen LogP contribution in [0.2, 0.25) is 0 Å². The number of rotatable bonds is 8. The van der Waals surface area contributed by atoms with Crippen molar-refractivity contribution in [1.82, 2.24) is 5.32 Å². The number of amides is 2. The highest BCUT2D eigenvalue weighted by molar-refractivity contribution is 6.00. The molecular formula is C17H26ClN3O5. The highest BCUT2D eigenvalue weighted by Crippen LogP contribution is 2.42. The van der Waals surface area contributed by atoms with Crippen molar-refractivity contribution in [2.24, 2.45) is 11.7 Å². The second-order valence-corrected chi connectivity index (χ2v) is 5.72. The van der Waals surface area contributed by atoms with Gasteiger partial charge in [0.15, 0.2) is 11.5 Å². The van der Waals surface area contributed by atoms with Gasteiger partial charge in [0.1, 0.15) is 0 Å². The van der Waals surface area contributed by atoms with E-state index in [-0.39, 0.29) is 36.6 Å². The highest BCUT2D eigenvalue weighted by Gasteiger charge is 2.35. The minimum atomic E-state index is -0.385. The first-order valence-electron chi connectivity index (χ1n) is 8.13. The smallest absolute Gasteiger partial charge is 0.227 e. The van der Waals surface area contributed by atoms with Crippen LogP contribution in [0.5, 0.6) is 17.2 Å². The molecule has 0 spiro atoms. The Balaban J connectivity index is 0.00000338. The number of hydrogen-bond donors (Lipinski definition) is 2. The Morgan fingerprint density at radius 2 is 1.85 bits per heavy atom. The summed E-state index contributed by atoms with van der Waals surface area (Å²) < 4.78 is 15.9. The summed E-state index contributed by atoms with van der Waals surface area (Å²) in [5.74, 6) is 0.742. The van der Waals surface area contributed by atoms with Crippen LogP contribution in [0, 0.1) is 5.92 Å². The molecule has 1 unspecified atom stereocenters. The molecule has 1 aromatic rings. The van der Waals surface area contributed by atoms with Gasteiger partial charge in [-0.2, -0.15) is 0 Å². The Hall–Kier alpha value is -2.19. The van der Waals surface area contributed by atoms with Gasteiger partial charge in [-0.25, -0.2) is 0 Å². The fourth-order valence-electron chi connectivity index (χ4n) is 2.81. The Morgan fingerprint density at radius 1 is 1.23 bits per heavy atom. The van der Waals surface area contributed by atoms with Crippen LogP contribution in [0.3, 0.4) is 0 Å². The second kappa shape index (κ2) is 10.1. The molecule has 1 atom stereocenters. The number of carbonyl (C=O) groups is 2. The van der Waals surface area contributed by atoms with Crippen molar-refractivity contribution in [2.45, 2.75) is 12.8 Å². The lowest BCUT2D eigenvalue weighted by molar-refractivity contribution is -0.126. The maximum atomic E-state index is 12.4.